The second kappa shape index (κ2) is 7.31. The van der Waals surface area contributed by atoms with E-state index in [9.17, 15) is 4.79 Å². The first-order valence-corrected chi connectivity index (χ1v) is 7.39. The van der Waals surface area contributed by atoms with Crippen LogP contribution < -0.4 is 9.47 Å². The van der Waals surface area contributed by atoms with Crippen LogP contribution in [0.25, 0.3) is 0 Å². The van der Waals surface area contributed by atoms with Crippen molar-refractivity contribution in [1.82, 2.24) is 4.90 Å². The van der Waals surface area contributed by atoms with Crippen LogP contribution in [0.5, 0.6) is 11.5 Å². The number of aliphatic hydroxyl groups excluding tert-OH is 1. The smallest absolute Gasteiger partial charge is 0.263 e. The van der Waals surface area contributed by atoms with Crippen molar-refractivity contribution in [1.29, 1.82) is 0 Å². The summed E-state index contributed by atoms with van der Waals surface area (Å²) in [6.45, 7) is 3.33. The molecular weight excluding hydrogens is 270 g/mol. The molecule has 1 aliphatic rings. The fourth-order valence-electron chi connectivity index (χ4n) is 2.52. The highest BCUT2D eigenvalue weighted by atomic mass is 16.5. The molecule has 1 N–H and O–H groups in total. The lowest BCUT2D eigenvalue weighted by Gasteiger charge is -2.29. The molecule has 1 heterocycles. The van der Waals surface area contributed by atoms with Crippen molar-refractivity contribution < 1.29 is 19.4 Å². The van der Waals surface area contributed by atoms with Gasteiger partial charge in [-0.3, -0.25) is 4.79 Å². The van der Waals surface area contributed by atoms with Gasteiger partial charge in [0, 0.05) is 13.1 Å². The van der Waals surface area contributed by atoms with Crippen LogP contribution in [0, 0.1) is 0 Å². The molecule has 0 saturated carbocycles. The van der Waals surface area contributed by atoms with E-state index in [1.165, 1.54) is 6.42 Å². The first kappa shape index (κ1) is 15.6. The number of benzene rings is 1. The summed E-state index contributed by atoms with van der Waals surface area (Å²) in [6, 6.07) is 5.20. The Hall–Kier alpha value is -1.75. The Bertz CT molecular complexity index is 483. The number of carbonyl (C=O) groups excluding carboxylic acids is 1. The molecule has 1 unspecified atom stereocenters. The maximum Gasteiger partial charge on any atom is 0.263 e. The van der Waals surface area contributed by atoms with Crippen molar-refractivity contribution in [3.63, 3.8) is 0 Å². The zero-order valence-electron chi connectivity index (χ0n) is 12.7. The maximum absolute atomic E-state index is 12.3. The average Bonchev–Trinajstić information content (AvgIpc) is 2.55. The number of amides is 1. The van der Waals surface area contributed by atoms with Crippen molar-refractivity contribution in [2.75, 3.05) is 20.2 Å². The summed E-state index contributed by atoms with van der Waals surface area (Å²) >= 11 is 0. The Labute approximate surface area is 125 Å². The molecule has 1 aromatic carbocycles. The summed E-state index contributed by atoms with van der Waals surface area (Å²) in [4.78, 5) is 14.2. The van der Waals surface area contributed by atoms with Gasteiger partial charge in [-0.2, -0.15) is 0 Å². The van der Waals surface area contributed by atoms with Gasteiger partial charge in [0.2, 0.25) is 0 Å². The lowest BCUT2D eigenvalue weighted by atomic mass is 10.1. The van der Waals surface area contributed by atoms with E-state index < -0.39 is 6.10 Å². The minimum Gasteiger partial charge on any atom is -0.493 e. The molecule has 0 aliphatic carbocycles. The fourth-order valence-corrected chi connectivity index (χ4v) is 2.52. The van der Waals surface area contributed by atoms with Crippen molar-refractivity contribution in [2.45, 2.75) is 38.9 Å². The molecule has 1 saturated heterocycles. The van der Waals surface area contributed by atoms with E-state index in [1.54, 1.807) is 32.2 Å². The molecular formula is C16H23NO4. The minimum absolute atomic E-state index is 0.0167. The third kappa shape index (κ3) is 3.88. The number of nitrogens with zero attached hydrogens (tertiary/aromatic N) is 1. The van der Waals surface area contributed by atoms with Gasteiger partial charge in [-0.25, -0.2) is 0 Å². The number of ether oxygens (including phenoxy) is 2. The molecule has 1 aromatic rings. The minimum atomic E-state index is -0.544. The van der Waals surface area contributed by atoms with Crippen LogP contribution in [0.15, 0.2) is 18.2 Å². The predicted molar refractivity (Wildman–Crippen MR) is 79.4 cm³/mol. The molecule has 0 radical (unpaired) electrons. The van der Waals surface area contributed by atoms with Gasteiger partial charge in [0.05, 0.1) is 13.7 Å². The Morgan fingerprint density at radius 2 is 2.00 bits per heavy atom. The second-order valence-corrected chi connectivity index (χ2v) is 5.29. The molecule has 0 aromatic heterocycles. The monoisotopic (exact) mass is 293 g/mol. The van der Waals surface area contributed by atoms with Crippen LogP contribution in [-0.2, 0) is 11.4 Å². The highest BCUT2D eigenvalue weighted by molar-refractivity contribution is 5.81. The van der Waals surface area contributed by atoms with Crippen LogP contribution in [0.2, 0.25) is 0 Å². The van der Waals surface area contributed by atoms with Crippen LogP contribution in [0.4, 0.5) is 0 Å². The van der Waals surface area contributed by atoms with Crippen LogP contribution in [-0.4, -0.2) is 42.2 Å². The lowest BCUT2D eigenvalue weighted by molar-refractivity contribution is -0.138. The Morgan fingerprint density at radius 1 is 1.29 bits per heavy atom. The highest BCUT2D eigenvalue weighted by Gasteiger charge is 2.24. The lowest BCUT2D eigenvalue weighted by Crippen LogP contribution is -2.43. The largest absolute Gasteiger partial charge is 0.493 e. The van der Waals surface area contributed by atoms with Crippen LogP contribution >= 0.6 is 0 Å². The van der Waals surface area contributed by atoms with E-state index in [4.69, 9.17) is 14.6 Å². The van der Waals surface area contributed by atoms with E-state index in [2.05, 4.69) is 0 Å². The third-order valence-corrected chi connectivity index (χ3v) is 3.73. The number of rotatable bonds is 5. The Kier molecular flexibility index (Phi) is 5.44. The molecule has 1 atom stereocenters. The number of methoxy groups -OCH3 is 1. The maximum atomic E-state index is 12.3. The molecule has 2 rings (SSSR count). The summed E-state index contributed by atoms with van der Waals surface area (Å²) in [7, 11) is 1.54. The molecule has 0 spiro atoms. The van der Waals surface area contributed by atoms with Gasteiger partial charge in [0.15, 0.2) is 17.6 Å². The fraction of sp³-hybridized carbons (Fsp3) is 0.562. The summed E-state index contributed by atoms with van der Waals surface area (Å²) < 4.78 is 11.0. The molecule has 5 nitrogen and oxygen atoms in total. The standard InChI is InChI=1S/C16H23NO4/c1-12(16(19)17-8-4-3-5-9-17)21-14-7-6-13(11-18)10-15(14)20-2/h6-7,10,12,18H,3-5,8-9,11H2,1-2H3. The van der Waals surface area contributed by atoms with E-state index in [1.807, 2.05) is 4.90 Å². The van der Waals surface area contributed by atoms with Gasteiger partial charge >= 0.3 is 0 Å². The van der Waals surface area contributed by atoms with E-state index in [0.29, 0.717) is 11.5 Å². The van der Waals surface area contributed by atoms with Crippen molar-refractivity contribution in [3.8, 4) is 11.5 Å². The van der Waals surface area contributed by atoms with Gasteiger partial charge < -0.3 is 19.5 Å². The molecule has 0 bridgehead atoms. The molecule has 5 heteroatoms. The van der Waals surface area contributed by atoms with Gasteiger partial charge in [-0.1, -0.05) is 6.07 Å². The second-order valence-electron chi connectivity index (χ2n) is 5.29. The van der Waals surface area contributed by atoms with E-state index in [-0.39, 0.29) is 12.5 Å². The number of aliphatic hydroxyl groups is 1. The SMILES string of the molecule is COc1cc(CO)ccc1OC(C)C(=O)N1CCCCC1. The van der Waals surface area contributed by atoms with Crippen LogP contribution in [0.3, 0.4) is 0 Å². The van der Waals surface area contributed by atoms with E-state index in [0.717, 1.165) is 31.5 Å². The van der Waals surface area contributed by atoms with Crippen molar-refractivity contribution in [3.05, 3.63) is 23.8 Å². The number of carbonyl (C=O) groups is 1. The molecule has 116 valence electrons. The zero-order chi connectivity index (χ0) is 15.2. The Morgan fingerprint density at radius 3 is 2.62 bits per heavy atom. The zero-order valence-corrected chi connectivity index (χ0v) is 12.7. The normalized spacial score (nSPS) is 16.4. The third-order valence-electron chi connectivity index (χ3n) is 3.73. The van der Waals surface area contributed by atoms with Gasteiger partial charge in [0.1, 0.15) is 0 Å². The topological polar surface area (TPSA) is 59.0 Å². The molecule has 1 fully saturated rings. The molecule has 21 heavy (non-hydrogen) atoms. The highest BCUT2D eigenvalue weighted by Crippen LogP contribution is 2.29. The van der Waals surface area contributed by atoms with Gasteiger partial charge in [-0.05, 0) is 43.9 Å². The number of piperidine rings is 1. The summed E-state index contributed by atoms with van der Waals surface area (Å²) in [6.07, 6.45) is 2.77. The predicted octanol–water partition coefficient (Wildman–Crippen LogP) is 1.97. The summed E-state index contributed by atoms with van der Waals surface area (Å²) in [5, 5.41) is 9.13. The number of hydrogen-bond acceptors (Lipinski definition) is 4. The quantitative estimate of drug-likeness (QED) is 0.901. The van der Waals surface area contributed by atoms with Crippen molar-refractivity contribution >= 4 is 5.91 Å². The molecule has 1 aliphatic heterocycles. The average molecular weight is 293 g/mol. The summed E-state index contributed by atoms with van der Waals surface area (Å²) in [5.74, 6) is 1.07. The van der Waals surface area contributed by atoms with E-state index >= 15 is 0 Å². The van der Waals surface area contributed by atoms with Gasteiger partial charge in [0.25, 0.3) is 5.91 Å². The number of hydrogen-bond donors (Lipinski definition) is 1. The van der Waals surface area contributed by atoms with Crippen molar-refractivity contribution in [2.24, 2.45) is 0 Å². The number of likely N-dealkylation sites (tertiary alicyclic amines) is 1. The summed E-state index contributed by atoms with van der Waals surface area (Å²) in [5.41, 5.74) is 0.745. The van der Waals surface area contributed by atoms with Gasteiger partial charge in [-0.15, -0.1) is 0 Å². The first-order valence-electron chi connectivity index (χ1n) is 7.39. The first-order chi connectivity index (χ1) is 10.2. The Balaban J connectivity index is 2.04. The van der Waals surface area contributed by atoms with Crippen LogP contribution in [0.1, 0.15) is 31.7 Å². The molecule has 1 amide bonds.